The third-order valence-electron chi connectivity index (χ3n) is 7.60. The molecule has 0 spiro atoms. The number of piperazine rings is 1. The van der Waals surface area contributed by atoms with Gasteiger partial charge in [-0.05, 0) is 35.4 Å². The Morgan fingerprint density at radius 1 is 0.868 bits per heavy atom. The molecule has 2 aliphatic rings. The number of nitrogens with zero attached hydrogens (tertiary/aromatic N) is 2. The zero-order valence-electron chi connectivity index (χ0n) is 21.6. The highest BCUT2D eigenvalue weighted by atomic mass is 16.5. The molecule has 1 fully saturated rings. The maximum Gasteiger partial charge on any atom is 0.246 e. The topological polar surface area (TPSA) is 84.1 Å². The second-order valence-corrected chi connectivity index (χ2v) is 9.61. The molecule has 2 atom stereocenters. The number of hydrogen-bond acceptors (Lipinski definition) is 5. The number of ether oxygens (including phenoxy) is 3. The molecule has 1 N–H and O–H groups in total. The third-order valence-corrected chi connectivity index (χ3v) is 7.60. The summed E-state index contributed by atoms with van der Waals surface area (Å²) in [5.41, 5.74) is 4.69. The molecule has 0 aliphatic carbocycles. The Morgan fingerprint density at radius 2 is 1.61 bits per heavy atom. The second kappa shape index (κ2) is 9.45. The molecule has 3 aromatic carbocycles. The molecular formula is C30H29N3O5. The first kappa shape index (κ1) is 23.9. The molecule has 38 heavy (non-hydrogen) atoms. The van der Waals surface area contributed by atoms with Crippen LogP contribution in [0.5, 0.6) is 17.2 Å². The van der Waals surface area contributed by atoms with Crippen molar-refractivity contribution in [3.8, 4) is 17.2 Å². The molecule has 1 aromatic heterocycles. The molecule has 0 bridgehead atoms. The quantitative estimate of drug-likeness (QED) is 0.422. The van der Waals surface area contributed by atoms with Crippen LogP contribution in [0.2, 0.25) is 0 Å². The molecule has 2 aliphatic heterocycles. The SMILES string of the molecule is COc1ccc(CN2CC(=O)N3C(c4ccccc4OC)c4[nH]c5ccccc5c4C[C@H]3C2=O)cc1OC. The smallest absolute Gasteiger partial charge is 0.246 e. The van der Waals surface area contributed by atoms with Crippen LogP contribution in [0.15, 0.2) is 66.7 Å². The van der Waals surface area contributed by atoms with E-state index < -0.39 is 12.1 Å². The number of carbonyl (C=O) groups is 2. The first-order valence-corrected chi connectivity index (χ1v) is 12.6. The fourth-order valence-corrected chi connectivity index (χ4v) is 5.87. The lowest BCUT2D eigenvalue weighted by atomic mass is 9.85. The number of benzene rings is 3. The van der Waals surface area contributed by atoms with Crippen LogP contribution in [0.4, 0.5) is 0 Å². The predicted octanol–water partition coefficient (Wildman–Crippen LogP) is 4.08. The minimum absolute atomic E-state index is 0.00904. The number of hydrogen-bond donors (Lipinski definition) is 1. The Kier molecular flexibility index (Phi) is 5.94. The van der Waals surface area contributed by atoms with E-state index in [4.69, 9.17) is 14.2 Å². The summed E-state index contributed by atoms with van der Waals surface area (Å²) in [7, 11) is 4.78. The van der Waals surface area contributed by atoms with Crippen LogP contribution in [0, 0.1) is 0 Å². The molecule has 6 rings (SSSR count). The second-order valence-electron chi connectivity index (χ2n) is 9.61. The lowest BCUT2D eigenvalue weighted by molar-refractivity contribution is -0.159. The summed E-state index contributed by atoms with van der Waals surface area (Å²) in [6.07, 6.45) is 0.442. The van der Waals surface area contributed by atoms with Crippen molar-refractivity contribution >= 4 is 22.7 Å². The van der Waals surface area contributed by atoms with Crippen LogP contribution in [-0.2, 0) is 22.6 Å². The summed E-state index contributed by atoms with van der Waals surface area (Å²) in [5.74, 6) is 1.70. The summed E-state index contributed by atoms with van der Waals surface area (Å²) < 4.78 is 16.5. The molecule has 194 valence electrons. The van der Waals surface area contributed by atoms with Gasteiger partial charge < -0.3 is 29.0 Å². The minimum atomic E-state index is -0.627. The van der Waals surface area contributed by atoms with Crippen LogP contribution in [0.3, 0.4) is 0 Å². The van der Waals surface area contributed by atoms with Gasteiger partial charge in [-0.1, -0.05) is 42.5 Å². The number of H-pyrrole nitrogens is 1. The monoisotopic (exact) mass is 511 g/mol. The number of amides is 2. The largest absolute Gasteiger partial charge is 0.496 e. The molecule has 4 aromatic rings. The highest BCUT2D eigenvalue weighted by molar-refractivity contribution is 5.97. The zero-order valence-corrected chi connectivity index (χ0v) is 21.6. The van der Waals surface area contributed by atoms with E-state index in [9.17, 15) is 9.59 Å². The summed E-state index contributed by atoms with van der Waals surface area (Å²) in [4.78, 5) is 34.8. The Morgan fingerprint density at radius 3 is 2.39 bits per heavy atom. The van der Waals surface area contributed by atoms with Gasteiger partial charge in [-0.2, -0.15) is 0 Å². The van der Waals surface area contributed by atoms with E-state index in [-0.39, 0.29) is 18.4 Å². The molecular weight excluding hydrogens is 482 g/mol. The number of methoxy groups -OCH3 is 3. The van der Waals surface area contributed by atoms with E-state index in [1.54, 1.807) is 31.1 Å². The first-order chi connectivity index (χ1) is 18.5. The van der Waals surface area contributed by atoms with E-state index in [0.29, 0.717) is 30.2 Å². The molecule has 0 radical (unpaired) electrons. The highest BCUT2D eigenvalue weighted by Gasteiger charge is 2.48. The maximum atomic E-state index is 14.0. The average molecular weight is 512 g/mol. The molecule has 2 amide bonds. The maximum absolute atomic E-state index is 14.0. The number of aromatic amines is 1. The summed E-state index contributed by atoms with van der Waals surface area (Å²) in [6.45, 7) is 0.292. The van der Waals surface area contributed by atoms with Gasteiger partial charge in [-0.3, -0.25) is 9.59 Å². The van der Waals surface area contributed by atoms with Crippen molar-refractivity contribution in [3.63, 3.8) is 0 Å². The van der Waals surface area contributed by atoms with Crippen molar-refractivity contribution in [1.29, 1.82) is 0 Å². The standard InChI is InChI=1S/C30H29N3O5/c1-36-24-11-7-5-9-20(24)29-28-21(19-8-4-6-10-22(19)31-28)15-23-30(35)32(17-27(34)33(23)29)16-18-12-13-25(37-2)26(14-18)38-3/h4-14,23,29,31H,15-17H2,1-3H3/t23-,29?/m0/s1. The number of para-hydroxylation sites is 2. The van der Waals surface area contributed by atoms with E-state index in [0.717, 1.165) is 33.3 Å². The summed E-state index contributed by atoms with van der Waals surface area (Å²) >= 11 is 0. The fourth-order valence-electron chi connectivity index (χ4n) is 5.87. The zero-order chi connectivity index (χ0) is 26.4. The number of nitrogens with one attached hydrogen (secondary N) is 1. The van der Waals surface area contributed by atoms with E-state index >= 15 is 0 Å². The van der Waals surface area contributed by atoms with Crippen LogP contribution >= 0.6 is 0 Å². The molecule has 8 nitrogen and oxygen atoms in total. The first-order valence-electron chi connectivity index (χ1n) is 12.6. The number of aromatic nitrogens is 1. The Hall–Kier alpha value is -4.46. The van der Waals surface area contributed by atoms with Crippen LogP contribution in [0.25, 0.3) is 10.9 Å². The van der Waals surface area contributed by atoms with Crippen molar-refractivity contribution in [2.24, 2.45) is 0 Å². The molecule has 8 heteroatoms. The Balaban J connectivity index is 1.42. The number of rotatable bonds is 6. The van der Waals surface area contributed by atoms with Crippen LogP contribution in [-0.4, -0.2) is 60.5 Å². The fraction of sp³-hybridized carbons (Fsp3) is 0.267. The normalized spacial score (nSPS) is 18.8. The lowest BCUT2D eigenvalue weighted by Gasteiger charge is -2.47. The van der Waals surface area contributed by atoms with E-state index in [1.165, 1.54) is 0 Å². The van der Waals surface area contributed by atoms with Gasteiger partial charge in [0.15, 0.2) is 11.5 Å². The molecule has 3 heterocycles. The van der Waals surface area contributed by atoms with Gasteiger partial charge >= 0.3 is 0 Å². The minimum Gasteiger partial charge on any atom is -0.496 e. The van der Waals surface area contributed by atoms with Crippen molar-refractivity contribution in [2.75, 3.05) is 27.9 Å². The molecule has 1 saturated heterocycles. The van der Waals surface area contributed by atoms with Crippen molar-refractivity contribution < 1.29 is 23.8 Å². The van der Waals surface area contributed by atoms with Crippen LogP contribution in [0.1, 0.15) is 28.4 Å². The van der Waals surface area contributed by atoms with Crippen molar-refractivity contribution in [2.45, 2.75) is 25.0 Å². The average Bonchev–Trinajstić information content (AvgIpc) is 3.33. The van der Waals surface area contributed by atoms with Gasteiger partial charge in [-0.15, -0.1) is 0 Å². The Bertz CT molecular complexity index is 1540. The predicted molar refractivity (Wildman–Crippen MR) is 142 cm³/mol. The van der Waals surface area contributed by atoms with Gasteiger partial charge in [0.05, 0.1) is 21.3 Å². The number of carbonyl (C=O) groups excluding carboxylic acids is 2. The molecule has 0 saturated carbocycles. The van der Waals surface area contributed by atoms with Gasteiger partial charge in [0, 0.05) is 35.1 Å². The van der Waals surface area contributed by atoms with Crippen molar-refractivity contribution in [3.05, 3.63) is 89.1 Å². The van der Waals surface area contributed by atoms with Gasteiger partial charge in [-0.25, -0.2) is 0 Å². The van der Waals surface area contributed by atoms with E-state index in [1.807, 2.05) is 60.7 Å². The van der Waals surface area contributed by atoms with Crippen molar-refractivity contribution in [1.82, 2.24) is 14.8 Å². The third kappa shape index (κ3) is 3.75. The molecule has 1 unspecified atom stereocenters. The highest BCUT2D eigenvalue weighted by Crippen LogP contribution is 2.45. The van der Waals surface area contributed by atoms with Gasteiger partial charge in [0.25, 0.3) is 0 Å². The summed E-state index contributed by atoms with van der Waals surface area (Å²) in [6, 6.07) is 20.2. The van der Waals surface area contributed by atoms with Gasteiger partial charge in [0.2, 0.25) is 11.8 Å². The van der Waals surface area contributed by atoms with Gasteiger partial charge in [0.1, 0.15) is 24.4 Å². The Labute approximate surface area is 220 Å². The summed E-state index contributed by atoms with van der Waals surface area (Å²) in [5, 5.41) is 1.07. The lowest BCUT2D eigenvalue weighted by Crippen LogP contribution is -2.62. The number of fused-ring (bicyclic) bond motifs is 4. The van der Waals surface area contributed by atoms with Crippen LogP contribution < -0.4 is 14.2 Å². The van der Waals surface area contributed by atoms with E-state index in [2.05, 4.69) is 11.1 Å².